The van der Waals surface area contributed by atoms with Crippen molar-refractivity contribution in [3.63, 3.8) is 0 Å². The van der Waals surface area contributed by atoms with Crippen LogP contribution in [0.4, 0.5) is 17.1 Å². The second-order valence-corrected chi connectivity index (χ2v) is 14.0. The standard InChI is InChI=1S/C48H31NOS/c1-3-12-32(13-4-1)33-22-25-36(26-23-33)49(44-19-11-18-41-40-17-8-10-21-47(40)51-48(41)44)37-27-28-38(42(31-37)34-14-5-2-6-15-34)35-24-29-46-43(30-35)39-16-7-9-20-45(39)50-46/h1-31H. The van der Waals surface area contributed by atoms with Crippen LogP contribution in [0.25, 0.3) is 75.5 Å². The molecule has 0 fully saturated rings. The Kier molecular flexibility index (Phi) is 7.04. The Labute approximate surface area is 300 Å². The zero-order valence-corrected chi connectivity index (χ0v) is 28.5. The molecule has 51 heavy (non-hydrogen) atoms. The van der Waals surface area contributed by atoms with Crippen molar-refractivity contribution in [2.24, 2.45) is 0 Å². The van der Waals surface area contributed by atoms with Crippen LogP contribution in [0, 0.1) is 0 Å². The van der Waals surface area contributed by atoms with E-state index in [0.29, 0.717) is 0 Å². The molecule has 0 bridgehead atoms. The normalized spacial score (nSPS) is 11.5. The first kappa shape index (κ1) is 29.5. The van der Waals surface area contributed by atoms with E-state index in [-0.39, 0.29) is 0 Å². The first-order chi connectivity index (χ1) is 25.3. The van der Waals surface area contributed by atoms with Gasteiger partial charge >= 0.3 is 0 Å². The van der Waals surface area contributed by atoms with E-state index in [0.717, 1.165) is 38.9 Å². The number of anilines is 3. The molecule has 0 atom stereocenters. The van der Waals surface area contributed by atoms with Gasteiger partial charge in [0.25, 0.3) is 0 Å². The summed E-state index contributed by atoms with van der Waals surface area (Å²) >= 11 is 1.86. The second kappa shape index (κ2) is 12.2. The van der Waals surface area contributed by atoms with Crippen LogP contribution in [0.3, 0.4) is 0 Å². The molecule has 0 aliphatic rings. The van der Waals surface area contributed by atoms with E-state index >= 15 is 0 Å². The summed E-state index contributed by atoms with van der Waals surface area (Å²) in [6, 6.07) is 67.5. The van der Waals surface area contributed by atoms with Gasteiger partial charge in [0.15, 0.2) is 0 Å². The molecule has 0 amide bonds. The minimum atomic E-state index is 0.902. The predicted octanol–water partition coefficient (Wildman–Crippen LogP) is 14.4. The quantitative estimate of drug-likeness (QED) is 0.175. The number of fused-ring (bicyclic) bond motifs is 6. The highest BCUT2D eigenvalue weighted by Crippen LogP contribution is 2.47. The van der Waals surface area contributed by atoms with Gasteiger partial charge < -0.3 is 9.32 Å². The maximum Gasteiger partial charge on any atom is 0.135 e. The molecular weight excluding hydrogens is 639 g/mol. The largest absolute Gasteiger partial charge is 0.456 e. The van der Waals surface area contributed by atoms with E-state index in [4.69, 9.17) is 4.42 Å². The van der Waals surface area contributed by atoms with Crippen LogP contribution < -0.4 is 4.90 Å². The molecule has 0 radical (unpaired) electrons. The van der Waals surface area contributed by atoms with Gasteiger partial charge in [-0.25, -0.2) is 0 Å². The maximum absolute atomic E-state index is 6.19. The maximum atomic E-state index is 6.19. The van der Waals surface area contributed by atoms with Gasteiger partial charge in [-0.3, -0.25) is 0 Å². The van der Waals surface area contributed by atoms with E-state index in [2.05, 4.69) is 181 Å². The Hall–Kier alpha value is -6.42. The van der Waals surface area contributed by atoms with Crippen LogP contribution in [0.15, 0.2) is 192 Å². The molecule has 0 N–H and O–H groups in total. The molecule has 240 valence electrons. The highest BCUT2D eigenvalue weighted by Gasteiger charge is 2.20. The van der Waals surface area contributed by atoms with Crippen LogP contribution >= 0.6 is 11.3 Å². The van der Waals surface area contributed by atoms with Gasteiger partial charge in [0.05, 0.1) is 10.4 Å². The molecule has 10 aromatic rings. The summed E-state index contributed by atoms with van der Waals surface area (Å²) in [5.74, 6) is 0. The van der Waals surface area contributed by atoms with Crippen LogP contribution in [-0.4, -0.2) is 0 Å². The molecule has 0 aliphatic carbocycles. The Morgan fingerprint density at radius 3 is 1.82 bits per heavy atom. The monoisotopic (exact) mass is 669 g/mol. The predicted molar refractivity (Wildman–Crippen MR) is 218 cm³/mol. The van der Waals surface area contributed by atoms with Gasteiger partial charge in [-0.2, -0.15) is 0 Å². The zero-order chi connectivity index (χ0) is 33.7. The minimum Gasteiger partial charge on any atom is -0.456 e. The number of para-hydroxylation sites is 1. The number of rotatable bonds is 6. The van der Waals surface area contributed by atoms with Gasteiger partial charge in [-0.1, -0.05) is 133 Å². The molecule has 10 rings (SSSR count). The first-order valence-electron chi connectivity index (χ1n) is 17.3. The first-order valence-corrected chi connectivity index (χ1v) is 18.1. The molecule has 0 saturated carbocycles. The molecule has 3 heteroatoms. The van der Waals surface area contributed by atoms with E-state index in [1.165, 1.54) is 53.7 Å². The fourth-order valence-corrected chi connectivity index (χ4v) is 8.65. The van der Waals surface area contributed by atoms with Crippen LogP contribution in [-0.2, 0) is 0 Å². The third-order valence-electron chi connectivity index (χ3n) is 9.89. The number of thiophene rings is 1. The fourth-order valence-electron chi connectivity index (χ4n) is 7.44. The molecule has 0 unspecified atom stereocenters. The molecule has 0 aliphatic heterocycles. The van der Waals surface area contributed by atoms with E-state index < -0.39 is 0 Å². The van der Waals surface area contributed by atoms with Crippen LogP contribution in [0.5, 0.6) is 0 Å². The van der Waals surface area contributed by atoms with Crippen molar-refractivity contribution >= 4 is 70.5 Å². The Morgan fingerprint density at radius 2 is 1.00 bits per heavy atom. The third kappa shape index (κ3) is 5.10. The summed E-state index contributed by atoms with van der Waals surface area (Å²) in [6.45, 7) is 0. The molecule has 0 saturated heterocycles. The lowest BCUT2D eigenvalue weighted by Crippen LogP contribution is -2.10. The Bertz CT molecular complexity index is 2850. The van der Waals surface area contributed by atoms with Crippen molar-refractivity contribution in [2.75, 3.05) is 4.90 Å². The second-order valence-electron chi connectivity index (χ2n) is 12.9. The summed E-state index contributed by atoms with van der Waals surface area (Å²) in [5.41, 5.74) is 12.3. The highest BCUT2D eigenvalue weighted by molar-refractivity contribution is 7.26. The van der Waals surface area contributed by atoms with E-state index in [1.807, 2.05) is 23.5 Å². The van der Waals surface area contributed by atoms with Crippen LogP contribution in [0.1, 0.15) is 0 Å². The number of furan rings is 1. The van der Waals surface area contributed by atoms with Crippen molar-refractivity contribution in [1.82, 2.24) is 0 Å². The van der Waals surface area contributed by atoms with Crippen molar-refractivity contribution in [2.45, 2.75) is 0 Å². The summed E-state index contributed by atoms with van der Waals surface area (Å²) in [7, 11) is 0. The summed E-state index contributed by atoms with van der Waals surface area (Å²) in [5, 5.41) is 4.83. The average molecular weight is 670 g/mol. The number of nitrogens with zero attached hydrogens (tertiary/aromatic N) is 1. The van der Waals surface area contributed by atoms with E-state index in [9.17, 15) is 0 Å². The minimum absolute atomic E-state index is 0.902. The van der Waals surface area contributed by atoms with Crippen LogP contribution in [0.2, 0.25) is 0 Å². The van der Waals surface area contributed by atoms with Crippen molar-refractivity contribution in [3.05, 3.63) is 188 Å². The lowest BCUT2D eigenvalue weighted by atomic mass is 9.92. The van der Waals surface area contributed by atoms with Crippen molar-refractivity contribution in [3.8, 4) is 33.4 Å². The summed E-state index contributed by atoms with van der Waals surface area (Å²) in [4.78, 5) is 2.43. The topological polar surface area (TPSA) is 16.4 Å². The number of hydrogen-bond donors (Lipinski definition) is 0. The van der Waals surface area contributed by atoms with Gasteiger partial charge in [-0.15, -0.1) is 11.3 Å². The van der Waals surface area contributed by atoms with Crippen molar-refractivity contribution < 1.29 is 4.42 Å². The molecule has 0 spiro atoms. The molecule has 2 heterocycles. The van der Waals surface area contributed by atoms with Crippen molar-refractivity contribution in [1.29, 1.82) is 0 Å². The molecular formula is C48H31NOS. The highest BCUT2D eigenvalue weighted by atomic mass is 32.1. The lowest BCUT2D eigenvalue weighted by molar-refractivity contribution is 0.669. The Balaban J connectivity index is 1.19. The molecule has 2 aromatic heterocycles. The van der Waals surface area contributed by atoms with Gasteiger partial charge in [-0.05, 0) is 88.0 Å². The van der Waals surface area contributed by atoms with E-state index in [1.54, 1.807) is 0 Å². The fraction of sp³-hybridized carbons (Fsp3) is 0. The lowest BCUT2D eigenvalue weighted by Gasteiger charge is -2.27. The van der Waals surface area contributed by atoms with Gasteiger partial charge in [0.1, 0.15) is 11.2 Å². The smallest absolute Gasteiger partial charge is 0.135 e. The Morgan fingerprint density at radius 1 is 0.373 bits per heavy atom. The zero-order valence-electron chi connectivity index (χ0n) is 27.7. The summed E-state index contributed by atoms with van der Waals surface area (Å²) < 4.78 is 8.76. The number of hydrogen-bond acceptors (Lipinski definition) is 3. The van der Waals surface area contributed by atoms with Gasteiger partial charge in [0, 0.05) is 37.6 Å². The third-order valence-corrected chi connectivity index (χ3v) is 11.1. The van der Waals surface area contributed by atoms with Gasteiger partial charge in [0.2, 0.25) is 0 Å². The molecule has 8 aromatic carbocycles. The number of benzene rings is 8. The molecule has 2 nitrogen and oxygen atoms in total. The average Bonchev–Trinajstić information content (AvgIpc) is 3.78. The summed E-state index contributed by atoms with van der Waals surface area (Å²) in [6.07, 6.45) is 0. The SMILES string of the molecule is c1ccc(-c2ccc(N(c3ccc(-c4ccc5oc6ccccc6c5c4)c(-c4ccccc4)c3)c3cccc4c3sc3ccccc34)cc2)cc1.